The lowest BCUT2D eigenvalue weighted by molar-refractivity contribution is -0.127. The van der Waals surface area contributed by atoms with Gasteiger partial charge in [0.05, 0.1) is 0 Å². The average Bonchev–Trinajstić information content (AvgIpc) is 2.70. The molecule has 3 saturated carbocycles. The molecule has 168 valence electrons. The van der Waals surface area contributed by atoms with Gasteiger partial charge in [0.15, 0.2) is 0 Å². The van der Waals surface area contributed by atoms with Crippen LogP contribution in [0.3, 0.4) is 0 Å². The van der Waals surface area contributed by atoms with E-state index in [1.165, 1.54) is 57.8 Å². The number of Topliss-reactive ketones (excluding diaryl/α,β-unsaturated/α-hetero) is 2. The molecule has 4 aliphatic carbocycles. The van der Waals surface area contributed by atoms with Gasteiger partial charge in [0.1, 0.15) is 11.6 Å². The molecular weight excluding hydrogens is 368 g/mol. The van der Waals surface area contributed by atoms with Crippen molar-refractivity contribution >= 4 is 11.6 Å². The number of carbonyl (C=O) groups excluding carboxylic acids is 2. The first-order valence-corrected chi connectivity index (χ1v) is 13.3. The van der Waals surface area contributed by atoms with Gasteiger partial charge < -0.3 is 0 Å². The smallest absolute Gasteiger partial charge is 0.136 e. The highest BCUT2D eigenvalue weighted by atomic mass is 16.1. The monoisotopic (exact) mass is 412 g/mol. The van der Waals surface area contributed by atoms with Crippen molar-refractivity contribution in [3.8, 4) is 0 Å². The molecule has 0 heterocycles. The van der Waals surface area contributed by atoms with Gasteiger partial charge in [-0.3, -0.25) is 9.59 Å². The summed E-state index contributed by atoms with van der Waals surface area (Å²) < 4.78 is 0. The van der Waals surface area contributed by atoms with Gasteiger partial charge in [-0.25, -0.2) is 0 Å². The minimum Gasteiger partial charge on any atom is -0.300 e. The molecule has 0 aliphatic heterocycles. The molecule has 2 nitrogen and oxygen atoms in total. The standard InChI is InChI=1S/C28H44O2/c1-19-15-20(2)17-23-18-22(16-19)25(23)14-13-24(29)9-6-12-28(30)27-11-5-8-21-7-3-4-10-26(21)27/h16,19-21,23,25-27H,3-15,17-18H2,1-2H3. The predicted molar refractivity (Wildman–Crippen MR) is 123 cm³/mol. The van der Waals surface area contributed by atoms with Crippen LogP contribution in [0.2, 0.25) is 0 Å². The second kappa shape index (κ2) is 10.1. The van der Waals surface area contributed by atoms with Crippen molar-refractivity contribution in [2.45, 2.75) is 110 Å². The van der Waals surface area contributed by atoms with Crippen LogP contribution in [0.1, 0.15) is 110 Å². The van der Waals surface area contributed by atoms with Crippen molar-refractivity contribution in [2.75, 3.05) is 0 Å². The molecule has 7 atom stereocenters. The Morgan fingerprint density at radius 1 is 0.900 bits per heavy atom. The summed E-state index contributed by atoms with van der Waals surface area (Å²) in [4.78, 5) is 25.4. The van der Waals surface area contributed by atoms with Crippen molar-refractivity contribution < 1.29 is 9.59 Å². The van der Waals surface area contributed by atoms with E-state index in [9.17, 15) is 9.59 Å². The molecule has 0 amide bonds. The third-order valence-electron chi connectivity index (χ3n) is 9.12. The molecule has 3 fully saturated rings. The van der Waals surface area contributed by atoms with Gasteiger partial charge in [0.2, 0.25) is 0 Å². The second-order valence-corrected chi connectivity index (χ2v) is 11.5. The van der Waals surface area contributed by atoms with E-state index in [2.05, 4.69) is 19.9 Å². The molecule has 4 aliphatic rings. The van der Waals surface area contributed by atoms with Crippen LogP contribution in [-0.2, 0) is 9.59 Å². The number of hydrogen-bond donors (Lipinski definition) is 0. The number of fused-ring (bicyclic) bond motifs is 3. The Balaban J connectivity index is 1.18. The molecule has 0 saturated heterocycles. The highest BCUT2D eigenvalue weighted by Gasteiger charge is 2.39. The van der Waals surface area contributed by atoms with Crippen LogP contribution >= 0.6 is 0 Å². The number of carbonyl (C=O) groups is 2. The Labute approximate surface area is 184 Å². The molecule has 0 N–H and O–H groups in total. The minimum absolute atomic E-state index is 0.317. The van der Waals surface area contributed by atoms with Crippen LogP contribution < -0.4 is 0 Å². The molecule has 7 unspecified atom stereocenters. The van der Waals surface area contributed by atoms with Crippen LogP contribution in [0.25, 0.3) is 0 Å². The van der Waals surface area contributed by atoms with Gasteiger partial charge in [-0.05, 0) is 80.5 Å². The maximum absolute atomic E-state index is 12.9. The van der Waals surface area contributed by atoms with E-state index in [0.717, 1.165) is 43.4 Å². The van der Waals surface area contributed by atoms with E-state index >= 15 is 0 Å². The molecule has 0 aromatic heterocycles. The predicted octanol–water partition coefficient (Wildman–Crippen LogP) is 7.31. The van der Waals surface area contributed by atoms with Crippen LogP contribution in [0.5, 0.6) is 0 Å². The summed E-state index contributed by atoms with van der Waals surface area (Å²) in [5.41, 5.74) is 1.64. The zero-order valence-electron chi connectivity index (χ0n) is 19.5. The van der Waals surface area contributed by atoms with E-state index in [0.29, 0.717) is 48.1 Å². The topological polar surface area (TPSA) is 34.1 Å². The first kappa shape index (κ1) is 22.3. The lowest BCUT2D eigenvalue weighted by atomic mass is 9.61. The third-order valence-corrected chi connectivity index (χ3v) is 9.12. The first-order chi connectivity index (χ1) is 14.5. The van der Waals surface area contributed by atoms with E-state index < -0.39 is 0 Å². The Kier molecular flexibility index (Phi) is 7.53. The van der Waals surface area contributed by atoms with E-state index in [1.807, 2.05) is 0 Å². The molecule has 0 aromatic carbocycles. The normalized spacial score (nSPS) is 38.5. The van der Waals surface area contributed by atoms with Gasteiger partial charge in [-0.2, -0.15) is 0 Å². The van der Waals surface area contributed by atoms with Crippen molar-refractivity contribution in [1.29, 1.82) is 0 Å². The Bertz CT molecular complexity index is 645. The fourth-order valence-electron chi connectivity index (χ4n) is 7.71. The molecule has 2 bridgehead atoms. The van der Waals surface area contributed by atoms with Crippen LogP contribution in [0, 0.1) is 41.4 Å². The zero-order valence-corrected chi connectivity index (χ0v) is 19.5. The summed E-state index contributed by atoms with van der Waals surface area (Å²) in [5, 5.41) is 0. The maximum Gasteiger partial charge on any atom is 0.136 e. The number of allylic oxidation sites excluding steroid dienone is 2. The van der Waals surface area contributed by atoms with Gasteiger partial charge in [-0.15, -0.1) is 0 Å². The van der Waals surface area contributed by atoms with Gasteiger partial charge in [0.25, 0.3) is 0 Å². The SMILES string of the molecule is CC1C=C2CC(CC(C)C1)C2CCC(=O)CCCC(=O)C1CCCC2CCCCC21. The van der Waals surface area contributed by atoms with Crippen molar-refractivity contribution in [2.24, 2.45) is 41.4 Å². The van der Waals surface area contributed by atoms with E-state index in [4.69, 9.17) is 0 Å². The lowest BCUT2D eigenvalue weighted by Gasteiger charge is -2.44. The zero-order chi connectivity index (χ0) is 21.1. The maximum atomic E-state index is 12.9. The number of ketones is 2. The van der Waals surface area contributed by atoms with Gasteiger partial charge >= 0.3 is 0 Å². The highest BCUT2D eigenvalue weighted by molar-refractivity contribution is 5.83. The van der Waals surface area contributed by atoms with Crippen LogP contribution in [0.15, 0.2) is 11.6 Å². The Morgan fingerprint density at radius 2 is 1.70 bits per heavy atom. The molecule has 4 rings (SSSR count). The van der Waals surface area contributed by atoms with Crippen LogP contribution in [-0.4, -0.2) is 11.6 Å². The molecule has 0 spiro atoms. The van der Waals surface area contributed by atoms with E-state index in [1.54, 1.807) is 5.57 Å². The summed E-state index contributed by atoms with van der Waals surface area (Å²) in [6.45, 7) is 4.75. The molecule has 0 radical (unpaired) electrons. The second-order valence-electron chi connectivity index (χ2n) is 11.5. The summed E-state index contributed by atoms with van der Waals surface area (Å²) in [5.74, 6) is 5.68. The average molecular weight is 413 g/mol. The molecule has 0 aromatic rings. The fraction of sp³-hybridized carbons (Fsp3) is 0.857. The summed E-state index contributed by atoms with van der Waals surface area (Å²) in [6.07, 6.45) is 19.3. The van der Waals surface area contributed by atoms with E-state index in [-0.39, 0.29) is 0 Å². The molecule has 30 heavy (non-hydrogen) atoms. The summed E-state index contributed by atoms with van der Waals surface area (Å²) >= 11 is 0. The third kappa shape index (κ3) is 5.28. The molecule has 2 heteroatoms. The van der Waals surface area contributed by atoms with Crippen molar-refractivity contribution in [3.05, 3.63) is 11.6 Å². The summed E-state index contributed by atoms with van der Waals surface area (Å²) in [6, 6.07) is 0. The fourth-order valence-corrected chi connectivity index (χ4v) is 7.71. The highest BCUT2D eigenvalue weighted by Crippen LogP contribution is 2.49. The van der Waals surface area contributed by atoms with Gasteiger partial charge in [-0.1, -0.05) is 57.6 Å². The van der Waals surface area contributed by atoms with Crippen molar-refractivity contribution in [1.82, 2.24) is 0 Å². The van der Waals surface area contributed by atoms with Crippen molar-refractivity contribution in [3.63, 3.8) is 0 Å². The Hall–Kier alpha value is -0.920. The first-order valence-electron chi connectivity index (χ1n) is 13.3. The lowest BCUT2D eigenvalue weighted by Crippen LogP contribution is -2.35. The molecular formula is C28H44O2. The minimum atomic E-state index is 0.317. The Morgan fingerprint density at radius 3 is 2.57 bits per heavy atom. The number of hydrogen-bond acceptors (Lipinski definition) is 2. The quantitative estimate of drug-likeness (QED) is 0.392. The summed E-state index contributed by atoms with van der Waals surface area (Å²) in [7, 11) is 0. The van der Waals surface area contributed by atoms with Gasteiger partial charge in [0, 0.05) is 25.2 Å². The van der Waals surface area contributed by atoms with Crippen LogP contribution in [0.4, 0.5) is 0 Å². The number of rotatable bonds is 8. The largest absolute Gasteiger partial charge is 0.300 e.